The molecule has 2 unspecified atom stereocenters. The fraction of sp³-hybridized carbons (Fsp3) is 0.938. The summed E-state index contributed by atoms with van der Waals surface area (Å²) in [6, 6.07) is 0.475. The van der Waals surface area contributed by atoms with E-state index in [0.29, 0.717) is 18.5 Å². The highest BCUT2D eigenvalue weighted by Gasteiger charge is 2.23. The number of guanidine groups is 1. The number of rotatable bonds is 8. The largest absolute Gasteiger partial charge is 0.396 e. The molecule has 7 heteroatoms. The summed E-state index contributed by atoms with van der Waals surface area (Å²) < 4.78 is 5.45. The third-order valence-electron chi connectivity index (χ3n) is 3.98. The van der Waals surface area contributed by atoms with Crippen LogP contribution in [0, 0.1) is 11.8 Å². The number of halogens is 1. The van der Waals surface area contributed by atoms with E-state index in [1.165, 1.54) is 0 Å². The van der Waals surface area contributed by atoms with Gasteiger partial charge in [0.25, 0.3) is 0 Å². The van der Waals surface area contributed by atoms with E-state index in [4.69, 9.17) is 9.84 Å². The van der Waals surface area contributed by atoms with Crippen LogP contribution in [-0.2, 0) is 4.74 Å². The maximum Gasteiger partial charge on any atom is 0.191 e. The van der Waals surface area contributed by atoms with E-state index in [1.54, 1.807) is 0 Å². The standard InChI is InChI=1S/C16H34N4O2.HI/c1-5-17-16(18-10-14(4)12-21)19-11-15(13(2)3)20-6-8-22-9-7-20;/h13-15,21H,5-12H2,1-4H3,(H2,17,18,19);1H. The number of ether oxygens (including phenoxy) is 1. The molecule has 6 nitrogen and oxygen atoms in total. The number of hydrogen-bond donors (Lipinski definition) is 3. The second-order valence-corrected chi connectivity index (χ2v) is 6.35. The van der Waals surface area contributed by atoms with Crippen molar-refractivity contribution in [2.75, 3.05) is 52.5 Å². The molecule has 0 aromatic rings. The molecule has 0 aromatic carbocycles. The van der Waals surface area contributed by atoms with E-state index in [-0.39, 0.29) is 36.5 Å². The zero-order valence-corrected chi connectivity index (χ0v) is 17.4. The molecule has 0 aromatic heterocycles. The minimum atomic E-state index is 0. The molecule has 0 radical (unpaired) electrons. The van der Waals surface area contributed by atoms with Crippen LogP contribution in [0.25, 0.3) is 0 Å². The fourth-order valence-electron chi connectivity index (χ4n) is 2.54. The molecule has 1 heterocycles. The van der Waals surface area contributed by atoms with Crippen LogP contribution >= 0.6 is 24.0 Å². The Bertz CT molecular complexity index is 323. The molecule has 1 fully saturated rings. The first-order valence-corrected chi connectivity index (χ1v) is 8.53. The Kier molecular flexibility index (Phi) is 13.1. The molecular weight excluding hydrogens is 407 g/mol. The fourth-order valence-corrected chi connectivity index (χ4v) is 2.54. The third kappa shape index (κ3) is 9.07. The molecule has 1 aliphatic rings. The summed E-state index contributed by atoms with van der Waals surface area (Å²) in [7, 11) is 0. The van der Waals surface area contributed by atoms with E-state index >= 15 is 0 Å². The first-order valence-electron chi connectivity index (χ1n) is 8.53. The lowest BCUT2D eigenvalue weighted by Gasteiger charge is -2.37. The summed E-state index contributed by atoms with van der Waals surface area (Å²) in [6.45, 7) is 14.8. The van der Waals surface area contributed by atoms with Crippen molar-refractivity contribution >= 4 is 29.9 Å². The number of aliphatic hydroxyl groups is 1. The summed E-state index contributed by atoms with van der Waals surface area (Å²) in [5.74, 6) is 1.60. The highest BCUT2D eigenvalue weighted by molar-refractivity contribution is 14.0. The summed E-state index contributed by atoms with van der Waals surface area (Å²) >= 11 is 0. The summed E-state index contributed by atoms with van der Waals surface area (Å²) in [5.41, 5.74) is 0. The van der Waals surface area contributed by atoms with Crippen molar-refractivity contribution in [1.82, 2.24) is 15.5 Å². The Morgan fingerprint density at radius 3 is 2.39 bits per heavy atom. The van der Waals surface area contributed by atoms with Crippen molar-refractivity contribution in [3.63, 3.8) is 0 Å². The van der Waals surface area contributed by atoms with Crippen molar-refractivity contribution < 1.29 is 9.84 Å². The zero-order chi connectivity index (χ0) is 16.4. The van der Waals surface area contributed by atoms with Crippen LogP contribution in [0.15, 0.2) is 4.99 Å². The Labute approximate surface area is 158 Å². The van der Waals surface area contributed by atoms with Crippen molar-refractivity contribution in [2.24, 2.45) is 16.8 Å². The number of aliphatic hydroxyl groups excluding tert-OH is 1. The first kappa shape index (κ1) is 22.9. The zero-order valence-electron chi connectivity index (χ0n) is 15.0. The lowest BCUT2D eigenvalue weighted by Crippen LogP contribution is -2.52. The molecule has 0 spiro atoms. The molecule has 3 N–H and O–H groups in total. The minimum absolute atomic E-state index is 0. The maximum absolute atomic E-state index is 9.11. The minimum Gasteiger partial charge on any atom is -0.396 e. The lowest BCUT2D eigenvalue weighted by molar-refractivity contribution is 0.00752. The van der Waals surface area contributed by atoms with Crippen molar-refractivity contribution in [3.8, 4) is 0 Å². The van der Waals surface area contributed by atoms with E-state index in [9.17, 15) is 0 Å². The number of nitrogens with zero attached hydrogens (tertiary/aromatic N) is 2. The molecule has 0 amide bonds. The smallest absolute Gasteiger partial charge is 0.191 e. The normalized spacial score (nSPS) is 19.1. The summed E-state index contributed by atoms with van der Waals surface area (Å²) in [6.07, 6.45) is 0. The van der Waals surface area contributed by atoms with Gasteiger partial charge in [0.2, 0.25) is 0 Å². The highest BCUT2D eigenvalue weighted by Crippen LogP contribution is 2.12. The first-order chi connectivity index (χ1) is 10.6. The van der Waals surface area contributed by atoms with Crippen LogP contribution in [0.2, 0.25) is 0 Å². The monoisotopic (exact) mass is 442 g/mol. The van der Waals surface area contributed by atoms with Crippen molar-refractivity contribution in [1.29, 1.82) is 0 Å². The van der Waals surface area contributed by atoms with Gasteiger partial charge < -0.3 is 20.5 Å². The Morgan fingerprint density at radius 2 is 1.87 bits per heavy atom. The van der Waals surface area contributed by atoms with Gasteiger partial charge in [-0.05, 0) is 18.8 Å². The molecule has 2 atom stereocenters. The molecule has 1 rings (SSSR count). The van der Waals surface area contributed by atoms with E-state index < -0.39 is 0 Å². The molecule has 1 aliphatic heterocycles. The average molecular weight is 442 g/mol. The Balaban J connectivity index is 0.00000484. The topological polar surface area (TPSA) is 69.1 Å². The van der Waals surface area contributed by atoms with Gasteiger partial charge in [0.1, 0.15) is 0 Å². The molecule has 0 saturated carbocycles. The Morgan fingerprint density at radius 1 is 1.22 bits per heavy atom. The van der Waals surface area contributed by atoms with E-state index in [1.807, 2.05) is 6.92 Å². The molecule has 0 bridgehead atoms. The van der Waals surface area contributed by atoms with Gasteiger partial charge in [0, 0.05) is 45.4 Å². The molecule has 0 aliphatic carbocycles. The molecule has 1 saturated heterocycles. The van der Waals surface area contributed by atoms with Gasteiger partial charge in [-0.3, -0.25) is 9.89 Å². The van der Waals surface area contributed by atoms with Gasteiger partial charge >= 0.3 is 0 Å². The highest BCUT2D eigenvalue weighted by atomic mass is 127. The quantitative estimate of drug-likeness (QED) is 0.299. The van der Waals surface area contributed by atoms with Crippen molar-refractivity contribution in [2.45, 2.75) is 33.7 Å². The number of nitrogens with one attached hydrogen (secondary N) is 2. The van der Waals surface area contributed by atoms with Crippen LogP contribution in [0.5, 0.6) is 0 Å². The van der Waals surface area contributed by atoms with Crippen LogP contribution in [0.3, 0.4) is 0 Å². The number of hydrogen-bond acceptors (Lipinski definition) is 4. The van der Waals surface area contributed by atoms with Gasteiger partial charge in [0.15, 0.2) is 5.96 Å². The van der Waals surface area contributed by atoms with Gasteiger partial charge in [-0.2, -0.15) is 0 Å². The van der Waals surface area contributed by atoms with E-state index in [0.717, 1.165) is 45.4 Å². The van der Waals surface area contributed by atoms with Gasteiger partial charge in [-0.15, -0.1) is 24.0 Å². The summed E-state index contributed by atoms with van der Waals surface area (Å²) in [5, 5.41) is 15.8. The predicted molar refractivity (Wildman–Crippen MR) is 107 cm³/mol. The lowest BCUT2D eigenvalue weighted by atomic mass is 10.0. The number of aliphatic imine (C=N–C) groups is 1. The average Bonchev–Trinajstić information content (AvgIpc) is 2.53. The second-order valence-electron chi connectivity index (χ2n) is 6.35. The van der Waals surface area contributed by atoms with Gasteiger partial charge in [-0.25, -0.2) is 0 Å². The van der Waals surface area contributed by atoms with Gasteiger partial charge in [0.05, 0.1) is 13.2 Å². The van der Waals surface area contributed by atoms with Crippen LogP contribution in [0.1, 0.15) is 27.7 Å². The second kappa shape index (κ2) is 13.2. The SMILES string of the molecule is CCNC(=NCC(C)CO)NCC(C(C)C)N1CCOCC1.I. The van der Waals surface area contributed by atoms with Crippen LogP contribution in [0.4, 0.5) is 0 Å². The predicted octanol–water partition coefficient (Wildman–Crippen LogP) is 1.14. The molecular formula is C16H35IN4O2. The molecule has 138 valence electrons. The number of morpholine rings is 1. The van der Waals surface area contributed by atoms with Crippen molar-refractivity contribution in [3.05, 3.63) is 0 Å². The Hall–Kier alpha value is -0.120. The van der Waals surface area contributed by atoms with Crippen LogP contribution < -0.4 is 10.6 Å². The molecule has 23 heavy (non-hydrogen) atoms. The van der Waals surface area contributed by atoms with E-state index in [2.05, 4.69) is 41.3 Å². The summed E-state index contributed by atoms with van der Waals surface area (Å²) in [4.78, 5) is 7.05. The van der Waals surface area contributed by atoms with Gasteiger partial charge in [-0.1, -0.05) is 20.8 Å². The third-order valence-corrected chi connectivity index (χ3v) is 3.98. The maximum atomic E-state index is 9.11. The van der Waals surface area contributed by atoms with Crippen LogP contribution in [-0.4, -0.2) is 74.6 Å².